The lowest BCUT2D eigenvalue weighted by molar-refractivity contribution is 0.476. The van der Waals surface area contributed by atoms with E-state index in [1.165, 1.54) is 6.07 Å². The standard InChI is InChI=1S/C13H12N2OS/c14-11-6-10(17)7-12(16)13(11)15-8-9-4-2-1-3-5-9/h1-8,16-17H,14H2. The van der Waals surface area contributed by atoms with Gasteiger partial charge in [-0.2, -0.15) is 0 Å². The Morgan fingerprint density at radius 1 is 1.18 bits per heavy atom. The lowest BCUT2D eigenvalue weighted by Gasteiger charge is -2.04. The first-order valence-corrected chi connectivity index (χ1v) is 5.52. The van der Waals surface area contributed by atoms with Crippen LogP contribution in [0.25, 0.3) is 0 Å². The van der Waals surface area contributed by atoms with Crippen LogP contribution in [0.1, 0.15) is 5.56 Å². The van der Waals surface area contributed by atoms with Gasteiger partial charge in [0.1, 0.15) is 11.4 Å². The third-order valence-corrected chi connectivity index (χ3v) is 2.50. The Hall–Kier alpha value is -1.94. The maximum atomic E-state index is 9.71. The van der Waals surface area contributed by atoms with Gasteiger partial charge in [0.25, 0.3) is 0 Å². The fourth-order valence-corrected chi connectivity index (χ4v) is 1.71. The summed E-state index contributed by atoms with van der Waals surface area (Å²) >= 11 is 4.12. The number of nitrogen functional groups attached to an aromatic ring is 1. The van der Waals surface area contributed by atoms with Gasteiger partial charge in [0.2, 0.25) is 0 Å². The molecule has 86 valence electrons. The van der Waals surface area contributed by atoms with Crippen LogP contribution in [-0.4, -0.2) is 11.3 Å². The Labute approximate surface area is 105 Å². The first kappa shape index (κ1) is 11.5. The fraction of sp³-hybridized carbons (Fsp3) is 0. The van der Waals surface area contributed by atoms with Crippen molar-refractivity contribution < 1.29 is 5.11 Å². The van der Waals surface area contributed by atoms with E-state index in [1.807, 2.05) is 30.3 Å². The average molecular weight is 244 g/mol. The highest BCUT2D eigenvalue weighted by molar-refractivity contribution is 7.80. The van der Waals surface area contributed by atoms with Gasteiger partial charge in [-0.25, -0.2) is 0 Å². The van der Waals surface area contributed by atoms with Crippen molar-refractivity contribution in [2.75, 3.05) is 5.73 Å². The molecule has 0 unspecified atom stereocenters. The number of aromatic hydroxyl groups is 1. The summed E-state index contributed by atoms with van der Waals surface area (Å²) in [6.45, 7) is 0. The molecule has 0 aliphatic rings. The number of nitrogens with zero attached hydrogens (tertiary/aromatic N) is 1. The van der Waals surface area contributed by atoms with Crippen molar-refractivity contribution in [2.45, 2.75) is 4.90 Å². The molecule has 3 N–H and O–H groups in total. The van der Waals surface area contributed by atoms with Crippen LogP contribution in [-0.2, 0) is 0 Å². The number of phenols is 1. The van der Waals surface area contributed by atoms with Crippen molar-refractivity contribution in [3.8, 4) is 5.75 Å². The average Bonchev–Trinajstić information content (AvgIpc) is 2.29. The molecule has 0 spiro atoms. The van der Waals surface area contributed by atoms with E-state index in [0.717, 1.165) is 5.56 Å². The summed E-state index contributed by atoms with van der Waals surface area (Å²) in [5.74, 6) is 0.0298. The molecule has 0 heterocycles. The number of hydrogen-bond acceptors (Lipinski definition) is 4. The predicted molar refractivity (Wildman–Crippen MR) is 73.5 cm³/mol. The highest BCUT2D eigenvalue weighted by Crippen LogP contribution is 2.35. The van der Waals surface area contributed by atoms with Crippen LogP contribution in [0.4, 0.5) is 11.4 Å². The Morgan fingerprint density at radius 3 is 2.53 bits per heavy atom. The van der Waals surface area contributed by atoms with Crippen molar-refractivity contribution in [2.24, 2.45) is 4.99 Å². The quantitative estimate of drug-likeness (QED) is 0.432. The van der Waals surface area contributed by atoms with Crippen LogP contribution in [0, 0.1) is 0 Å². The number of nitrogens with two attached hydrogens (primary N) is 1. The van der Waals surface area contributed by atoms with Gasteiger partial charge in [0.15, 0.2) is 0 Å². The summed E-state index contributed by atoms with van der Waals surface area (Å²) in [5, 5.41) is 9.71. The second-order valence-corrected chi connectivity index (χ2v) is 4.09. The molecule has 17 heavy (non-hydrogen) atoms. The first-order valence-electron chi connectivity index (χ1n) is 5.07. The molecule has 0 saturated carbocycles. The van der Waals surface area contributed by atoms with Gasteiger partial charge in [0, 0.05) is 11.1 Å². The van der Waals surface area contributed by atoms with Gasteiger partial charge < -0.3 is 10.8 Å². The molecule has 2 aromatic rings. The molecule has 0 fully saturated rings. The zero-order chi connectivity index (χ0) is 12.3. The molecule has 0 aromatic heterocycles. The molecular formula is C13H12N2OS. The molecule has 0 aliphatic heterocycles. The van der Waals surface area contributed by atoms with Crippen molar-refractivity contribution >= 4 is 30.2 Å². The van der Waals surface area contributed by atoms with Crippen molar-refractivity contribution in [1.29, 1.82) is 0 Å². The number of anilines is 1. The number of thiol groups is 1. The molecule has 0 radical (unpaired) electrons. The number of benzene rings is 2. The summed E-state index contributed by atoms with van der Waals surface area (Å²) in [4.78, 5) is 4.79. The smallest absolute Gasteiger partial charge is 0.144 e. The Kier molecular flexibility index (Phi) is 3.35. The maximum Gasteiger partial charge on any atom is 0.144 e. The van der Waals surface area contributed by atoms with Crippen LogP contribution in [0.15, 0.2) is 52.4 Å². The summed E-state index contributed by atoms with van der Waals surface area (Å²) < 4.78 is 0. The molecule has 2 rings (SSSR count). The van der Waals surface area contributed by atoms with E-state index >= 15 is 0 Å². The lowest BCUT2D eigenvalue weighted by atomic mass is 10.2. The molecule has 0 amide bonds. The highest BCUT2D eigenvalue weighted by Gasteiger charge is 2.04. The second kappa shape index (κ2) is 4.93. The van der Waals surface area contributed by atoms with Gasteiger partial charge in [0.05, 0.1) is 5.69 Å². The molecule has 4 heteroatoms. The lowest BCUT2D eigenvalue weighted by Crippen LogP contribution is -1.87. The normalized spacial score (nSPS) is 10.9. The number of rotatable bonds is 2. The third-order valence-electron chi connectivity index (χ3n) is 2.25. The van der Waals surface area contributed by atoms with Crippen LogP contribution < -0.4 is 5.73 Å². The predicted octanol–water partition coefficient (Wildman–Crippen LogP) is 3.01. The van der Waals surface area contributed by atoms with E-state index < -0.39 is 0 Å². The Balaban J connectivity index is 2.34. The minimum atomic E-state index is 0.0298. The zero-order valence-electron chi connectivity index (χ0n) is 9.04. The van der Waals surface area contributed by atoms with Crippen LogP contribution >= 0.6 is 12.6 Å². The van der Waals surface area contributed by atoms with E-state index in [2.05, 4.69) is 17.6 Å². The van der Waals surface area contributed by atoms with Crippen molar-refractivity contribution in [1.82, 2.24) is 0 Å². The Morgan fingerprint density at radius 2 is 1.88 bits per heavy atom. The number of phenolic OH excluding ortho intramolecular Hbond substituents is 1. The maximum absolute atomic E-state index is 9.71. The van der Waals surface area contributed by atoms with Crippen LogP contribution in [0.3, 0.4) is 0 Å². The van der Waals surface area contributed by atoms with E-state index in [9.17, 15) is 5.11 Å². The van der Waals surface area contributed by atoms with E-state index in [-0.39, 0.29) is 5.75 Å². The van der Waals surface area contributed by atoms with Crippen LogP contribution in [0.2, 0.25) is 0 Å². The first-order chi connectivity index (χ1) is 8.16. The third kappa shape index (κ3) is 2.79. The topological polar surface area (TPSA) is 58.6 Å². The summed E-state index contributed by atoms with van der Waals surface area (Å²) in [7, 11) is 0. The monoisotopic (exact) mass is 244 g/mol. The molecular weight excluding hydrogens is 232 g/mol. The van der Waals surface area contributed by atoms with Crippen molar-refractivity contribution in [3.63, 3.8) is 0 Å². The fourth-order valence-electron chi connectivity index (χ4n) is 1.44. The number of hydrogen-bond donors (Lipinski definition) is 3. The molecule has 3 nitrogen and oxygen atoms in total. The minimum absolute atomic E-state index is 0.0298. The van der Waals surface area contributed by atoms with Gasteiger partial charge in [-0.05, 0) is 17.7 Å². The molecule has 2 aromatic carbocycles. The Bertz CT molecular complexity index is 530. The van der Waals surface area contributed by atoms with E-state index in [4.69, 9.17) is 5.73 Å². The summed E-state index contributed by atoms with van der Waals surface area (Å²) in [5.41, 5.74) is 7.48. The van der Waals surface area contributed by atoms with Gasteiger partial charge >= 0.3 is 0 Å². The molecule has 0 saturated heterocycles. The molecule has 0 bridgehead atoms. The largest absolute Gasteiger partial charge is 0.506 e. The zero-order valence-corrected chi connectivity index (χ0v) is 9.93. The van der Waals surface area contributed by atoms with Gasteiger partial charge in [-0.3, -0.25) is 4.99 Å². The molecule has 0 aliphatic carbocycles. The summed E-state index contributed by atoms with van der Waals surface area (Å²) in [6, 6.07) is 12.8. The van der Waals surface area contributed by atoms with Crippen molar-refractivity contribution in [3.05, 3.63) is 48.0 Å². The second-order valence-electron chi connectivity index (χ2n) is 3.57. The van der Waals surface area contributed by atoms with E-state index in [1.54, 1.807) is 12.3 Å². The van der Waals surface area contributed by atoms with E-state index in [0.29, 0.717) is 16.3 Å². The van der Waals surface area contributed by atoms with Gasteiger partial charge in [-0.15, -0.1) is 12.6 Å². The molecule has 0 atom stereocenters. The SMILES string of the molecule is Nc1cc(S)cc(O)c1N=Cc1ccccc1. The summed E-state index contributed by atoms with van der Waals surface area (Å²) in [6.07, 6.45) is 1.66. The highest BCUT2D eigenvalue weighted by atomic mass is 32.1. The van der Waals surface area contributed by atoms with Crippen LogP contribution in [0.5, 0.6) is 5.75 Å². The number of aliphatic imine (C=N–C) groups is 1. The minimum Gasteiger partial charge on any atom is -0.506 e. The van der Waals surface area contributed by atoms with Gasteiger partial charge in [-0.1, -0.05) is 30.3 Å².